The van der Waals surface area contributed by atoms with Crippen LogP contribution in [0.5, 0.6) is 0 Å². The van der Waals surface area contributed by atoms with Gasteiger partial charge in [0.25, 0.3) is 0 Å². The van der Waals surface area contributed by atoms with E-state index in [0.717, 1.165) is 44.9 Å². The molecule has 0 aromatic rings. The van der Waals surface area contributed by atoms with Crippen molar-refractivity contribution < 1.29 is 24.2 Å². The van der Waals surface area contributed by atoms with Crippen molar-refractivity contribution in [3.8, 4) is 0 Å². The predicted molar refractivity (Wildman–Crippen MR) is 192 cm³/mol. The zero-order chi connectivity index (χ0) is 32.9. The van der Waals surface area contributed by atoms with Crippen LogP contribution in [0.15, 0.2) is 12.2 Å². The Hall–Kier alpha value is -1.36. The Balaban J connectivity index is 3.52. The van der Waals surface area contributed by atoms with Gasteiger partial charge < -0.3 is 14.6 Å². The molecule has 0 spiro atoms. The van der Waals surface area contributed by atoms with E-state index in [-0.39, 0.29) is 25.2 Å². The highest BCUT2D eigenvalue weighted by Crippen LogP contribution is 2.15. The summed E-state index contributed by atoms with van der Waals surface area (Å²) in [5, 5.41) is 9.54. The molecule has 0 rings (SSSR count). The third-order valence-corrected chi connectivity index (χ3v) is 8.81. The molecule has 45 heavy (non-hydrogen) atoms. The van der Waals surface area contributed by atoms with Crippen LogP contribution in [0.3, 0.4) is 0 Å². The van der Waals surface area contributed by atoms with E-state index >= 15 is 0 Å². The van der Waals surface area contributed by atoms with E-state index < -0.39 is 6.10 Å². The Labute approximate surface area is 280 Å². The van der Waals surface area contributed by atoms with Gasteiger partial charge in [0, 0.05) is 12.8 Å². The van der Waals surface area contributed by atoms with Gasteiger partial charge in [0.15, 0.2) is 6.10 Å². The van der Waals surface area contributed by atoms with E-state index in [9.17, 15) is 14.7 Å². The lowest BCUT2D eigenvalue weighted by Crippen LogP contribution is -2.28. The Morgan fingerprint density at radius 1 is 0.489 bits per heavy atom. The quantitative estimate of drug-likeness (QED) is 0.0421. The van der Waals surface area contributed by atoms with Gasteiger partial charge in [-0.2, -0.15) is 0 Å². The van der Waals surface area contributed by atoms with Gasteiger partial charge in [0.05, 0.1) is 6.61 Å². The van der Waals surface area contributed by atoms with Crippen molar-refractivity contribution in [2.45, 2.75) is 219 Å². The lowest BCUT2D eigenvalue weighted by atomic mass is 10.0. The number of ether oxygens (including phenoxy) is 2. The zero-order valence-electron chi connectivity index (χ0n) is 30.1. The SMILES string of the molecule is CCCCCCC/C=C/CCCCCCCC(=O)OC[C@H](CO)OC(=O)CCCCCCCCCCCCCCCCCCC. The number of aliphatic hydroxyl groups is 1. The van der Waals surface area contributed by atoms with Gasteiger partial charge in [0.2, 0.25) is 0 Å². The molecular weight excluding hydrogens is 560 g/mol. The third kappa shape index (κ3) is 35.3. The van der Waals surface area contributed by atoms with Crippen LogP contribution in [-0.4, -0.2) is 36.4 Å². The highest BCUT2D eigenvalue weighted by atomic mass is 16.6. The Morgan fingerprint density at radius 3 is 1.20 bits per heavy atom. The largest absolute Gasteiger partial charge is 0.462 e. The summed E-state index contributed by atoms with van der Waals surface area (Å²) in [5.41, 5.74) is 0. The van der Waals surface area contributed by atoms with E-state index in [1.165, 1.54) is 141 Å². The van der Waals surface area contributed by atoms with Gasteiger partial charge in [-0.05, 0) is 38.5 Å². The standard InChI is InChI=1S/C40H76O5/c1-3-5-7-9-11-13-15-17-19-20-21-23-25-27-29-31-33-35-40(43)45-38(36-41)37-44-39(42)34-32-30-28-26-24-22-18-16-14-12-10-8-6-4-2/h16,18,38,41H,3-15,17,19-37H2,1-2H3/b18-16+/t38-/m0/s1. The van der Waals surface area contributed by atoms with Crippen LogP contribution in [0, 0.1) is 0 Å². The fourth-order valence-corrected chi connectivity index (χ4v) is 5.78. The van der Waals surface area contributed by atoms with Crippen molar-refractivity contribution in [3.05, 3.63) is 12.2 Å². The summed E-state index contributed by atoms with van der Waals surface area (Å²) in [6.07, 6.45) is 41.3. The molecule has 1 N–H and O–H groups in total. The van der Waals surface area contributed by atoms with Gasteiger partial charge in [-0.15, -0.1) is 0 Å². The molecule has 0 aromatic carbocycles. The van der Waals surface area contributed by atoms with Crippen molar-refractivity contribution >= 4 is 11.9 Å². The maximum atomic E-state index is 12.2. The summed E-state index contributed by atoms with van der Waals surface area (Å²) in [4.78, 5) is 24.2. The minimum atomic E-state index is -0.767. The predicted octanol–water partition coefficient (Wildman–Crippen LogP) is 12.1. The average Bonchev–Trinajstić information content (AvgIpc) is 3.04. The molecule has 0 aliphatic carbocycles. The first kappa shape index (κ1) is 43.6. The second kappa shape index (κ2) is 37.1. The number of esters is 2. The van der Waals surface area contributed by atoms with E-state index in [2.05, 4.69) is 26.0 Å². The summed E-state index contributed by atoms with van der Waals surface area (Å²) >= 11 is 0. The summed E-state index contributed by atoms with van der Waals surface area (Å²) in [5.74, 6) is -0.590. The smallest absolute Gasteiger partial charge is 0.306 e. The monoisotopic (exact) mass is 637 g/mol. The van der Waals surface area contributed by atoms with Gasteiger partial charge in [-0.3, -0.25) is 9.59 Å². The Morgan fingerprint density at radius 2 is 0.822 bits per heavy atom. The van der Waals surface area contributed by atoms with Crippen LogP contribution in [-0.2, 0) is 19.1 Å². The van der Waals surface area contributed by atoms with Crippen molar-refractivity contribution in [1.29, 1.82) is 0 Å². The molecule has 0 saturated carbocycles. The van der Waals surface area contributed by atoms with Crippen LogP contribution < -0.4 is 0 Å². The molecule has 5 heteroatoms. The first-order chi connectivity index (χ1) is 22.1. The van der Waals surface area contributed by atoms with Crippen molar-refractivity contribution in [1.82, 2.24) is 0 Å². The molecule has 0 unspecified atom stereocenters. The minimum absolute atomic E-state index is 0.0644. The highest BCUT2D eigenvalue weighted by molar-refractivity contribution is 5.70. The topological polar surface area (TPSA) is 72.8 Å². The summed E-state index contributed by atoms with van der Waals surface area (Å²) in [7, 11) is 0. The number of carbonyl (C=O) groups excluding carboxylic acids is 2. The number of allylic oxidation sites excluding steroid dienone is 2. The molecule has 266 valence electrons. The van der Waals surface area contributed by atoms with Gasteiger partial charge in [0.1, 0.15) is 6.61 Å². The van der Waals surface area contributed by atoms with Crippen LogP contribution in [0.2, 0.25) is 0 Å². The molecule has 5 nitrogen and oxygen atoms in total. The van der Waals surface area contributed by atoms with Crippen LogP contribution in [0.25, 0.3) is 0 Å². The molecule has 0 bridgehead atoms. The first-order valence-corrected chi connectivity index (χ1v) is 19.7. The second-order valence-corrected chi connectivity index (χ2v) is 13.4. The normalized spacial score (nSPS) is 12.2. The summed E-state index contributed by atoms with van der Waals surface area (Å²) < 4.78 is 10.6. The summed E-state index contributed by atoms with van der Waals surface area (Å²) in [6, 6.07) is 0. The number of unbranched alkanes of at least 4 members (excludes halogenated alkanes) is 26. The van der Waals surface area contributed by atoms with Crippen molar-refractivity contribution in [2.75, 3.05) is 13.2 Å². The lowest BCUT2D eigenvalue weighted by Gasteiger charge is -2.15. The van der Waals surface area contributed by atoms with Crippen molar-refractivity contribution in [3.63, 3.8) is 0 Å². The maximum absolute atomic E-state index is 12.2. The van der Waals surface area contributed by atoms with E-state index in [1.807, 2.05) is 0 Å². The average molecular weight is 637 g/mol. The van der Waals surface area contributed by atoms with Gasteiger partial charge in [-0.25, -0.2) is 0 Å². The first-order valence-electron chi connectivity index (χ1n) is 19.7. The molecular formula is C40H76O5. The van der Waals surface area contributed by atoms with Gasteiger partial charge >= 0.3 is 11.9 Å². The molecule has 0 aromatic heterocycles. The molecule has 0 fully saturated rings. The minimum Gasteiger partial charge on any atom is -0.462 e. The molecule has 0 amide bonds. The lowest BCUT2D eigenvalue weighted by molar-refractivity contribution is -0.161. The molecule has 0 heterocycles. The van der Waals surface area contributed by atoms with E-state index in [1.54, 1.807) is 0 Å². The fourth-order valence-electron chi connectivity index (χ4n) is 5.78. The van der Waals surface area contributed by atoms with Crippen molar-refractivity contribution in [2.24, 2.45) is 0 Å². The molecule has 0 aliphatic rings. The Kier molecular flexibility index (Phi) is 36.0. The zero-order valence-corrected chi connectivity index (χ0v) is 30.1. The van der Waals surface area contributed by atoms with Crippen LogP contribution in [0.4, 0.5) is 0 Å². The van der Waals surface area contributed by atoms with Crippen LogP contribution in [0.1, 0.15) is 213 Å². The number of hydrogen-bond acceptors (Lipinski definition) is 5. The van der Waals surface area contributed by atoms with Gasteiger partial charge in [-0.1, -0.05) is 174 Å². The number of carbonyl (C=O) groups is 2. The maximum Gasteiger partial charge on any atom is 0.306 e. The molecule has 1 atom stereocenters. The summed E-state index contributed by atoms with van der Waals surface area (Å²) in [6.45, 7) is 4.14. The molecule has 0 radical (unpaired) electrons. The van der Waals surface area contributed by atoms with E-state index in [4.69, 9.17) is 9.47 Å². The third-order valence-electron chi connectivity index (χ3n) is 8.81. The fraction of sp³-hybridized carbons (Fsp3) is 0.900. The second-order valence-electron chi connectivity index (χ2n) is 13.4. The molecule has 0 saturated heterocycles. The highest BCUT2D eigenvalue weighted by Gasteiger charge is 2.16. The Bertz CT molecular complexity index is 647. The number of aliphatic hydroxyl groups excluding tert-OH is 1. The van der Waals surface area contributed by atoms with Crippen LogP contribution >= 0.6 is 0 Å². The number of hydrogen-bond donors (Lipinski definition) is 1. The molecule has 0 aliphatic heterocycles. The number of rotatable bonds is 36. The van der Waals surface area contributed by atoms with E-state index in [0.29, 0.717) is 12.8 Å².